The second-order valence-corrected chi connectivity index (χ2v) is 28.3. The van der Waals surface area contributed by atoms with Crippen LogP contribution in [0.15, 0.2) is 166 Å². The Morgan fingerprint density at radius 1 is 0.827 bits per heavy atom. The molecule has 0 unspecified atom stereocenters. The minimum atomic E-state index is -2.03. The number of aromatic nitrogens is 5. The van der Waals surface area contributed by atoms with E-state index < -0.39 is 35.7 Å². The van der Waals surface area contributed by atoms with Gasteiger partial charge in [0.1, 0.15) is 34.8 Å². The SMILES string of the molecule is CCCCc1ccc2[nH]c(NC(=O)OC)nc2c1.CN1C[C@H](C(=O)N[C@]2(C)O[C@@]3(O)[C@@H]4CCCN4C(=O)[C@H](Cc4ccccc4)N3C2=O)C[C@@H]2c3cccc4[nH]cc(c34)C[C@H]21.CN[C@@H](C)Cc1ccccc1.Cc1cc2cc3c(C)cc(=O)oc3c(C)c2o1.Cc1nccc2c1[nH]c1cc(O)ccc12. The zero-order valence-corrected chi connectivity index (χ0v) is 60.5. The highest BCUT2D eigenvalue weighted by Crippen LogP contribution is 2.48. The maximum atomic E-state index is 14.2. The van der Waals surface area contributed by atoms with Crippen LogP contribution < -0.4 is 21.6 Å². The van der Waals surface area contributed by atoms with Crippen molar-refractivity contribution in [3.05, 3.63) is 213 Å². The number of aryl methyl sites for hydroxylation is 5. The molecule has 6 aromatic carbocycles. The number of carbonyl (C=O) groups is 4. The Balaban J connectivity index is 0.000000130. The van der Waals surface area contributed by atoms with Crippen LogP contribution in [0.1, 0.15) is 109 Å². The number of rotatable bonds is 11. The number of aromatic amines is 3. The molecule has 22 heteroatoms. The lowest BCUT2D eigenvalue weighted by Gasteiger charge is -2.48. The van der Waals surface area contributed by atoms with Gasteiger partial charge in [0.25, 0.3) is 11.8 Å². The first-order valence-corrected chi connectivity index (χ1v) is 35.8. The van der Waals surface area contributed by atoms with Crippen LogP contribution in [0.2, 0.25) is 0 Å². The largest absolute Gasteiger partial charge is 0.508 e. The number of hydrogen-bond donors (Lipinski definition) is 8. The number of imidazole rings is 1. The Bertz CT molecular complexity index is 5220. The number of unbranched alkanes of at least 4 members (excludes halogenated alkanes) is 1. The van der Waals surface area contributed by atoms with Gasteiger partial charge in [-0.1, -0.05) is 92.2 Å². The number of nitrogens with one attached hydrogen (secondary N) is 6. The topological polar surface area (TPSA) is 290 Å². The summed E-state index contributed by atoms with van der Waals surface area (Å²) in [7, 11) is 5.37. The number of phenols is 1. The Labute approximate surface area is 602 Å². The Morgan fingerprint density at radius 3 is 2.35 bits per heavy atom. The van der Waals surface area contributed by atoms with E-state index in [2.05, 4.69) is 126 Å². The minimum absolute atomic E-state index is 0.171. The van der Waals surface area contributed by atoms with Crippen molar-refractivity contribution in [3.63, 3.8) is 0 Å². The highest BCUT2D eigenvalue weighted by atomic mass is 16.7. The smallest absolute Gasteiger partial charge is 0.413 e. The van der Waals surface area contributed by atoms with Crippen molar-refractivity contribution < 1.29 is 47.7 Å². The molecule has 4 saturated heterocycles. The van der Waals surface area contributed by atoms with Crippen molar-refractivity contribution in [1.82, 2.24) is 50.3 Å². The minimum Gasteiger partial charge on any atom is -0.508 e. The number of furan rings is 1. The van der Waals surface area contributed by atoms with Gasteiger partial charge in [-0.3, -0.25) is 34.3 Å². The number of piperazine rings is 1. The van der Waals surface area contributed by atoms with E-state index in [4.69, 9.17) is 13.6 Å². The second-order valence-electron chi connectivity index (χ2n) is 28.3. The number of aliphatic hydroxyl groups is 1. The Kier molecular flexibility index (Phi) is 20.7. The molecule has 4 amide bonds. The first-order chi connectivity index (χ1) is 50.0. The number of benzene rings is 6. The lowest BCUT2D eigenvalue weighted by Crippen LogP contribution is -2.71. The molecule has 540 valence electrons. The van der Waals surface area contributed by atoms with Gasteiger partial charge in [0, 0.05) is 100 Å². The number of H-pyrrole nitrogens is 3. The number of ether oxygens (including phenoxy) is 2. The highest BCUT2D eigenvalue weighted by molar-refractivity contribution is 6.08. The number of likely N-dealkylation sites (N-methyl/N-ethyl adjacent to an activating group) is 2. The third-order valence-electron chi connectivity index (χ3n) is 21.0. The Hall–Kier alpha value is -10.7. The molecular formula is C82H91N11O11. The molecule has 104 heavy (non-hydrogen) atoms. The molecule has 0 radical (unpaired) electrons. The van der Waals surface area contributed by atoms with Gasteiger partial charge in [-0.25, -0.2) is 14.6 Å². The quantitative estimate of drug-likeness (QED) is 0.0559. The molecule has 5 aliphatic rings. The summed E-state index contributed by atoms with van der Waals surface area (Å²) in [6.07, 6.45) is 10.9. The number of amides is 4. The summed E-state index contributed by atoms with van der Waals surface area (Å²) in [5.41, 5.74) is 13.0. The number of nitrogens with zero attached hydrogens (tertiary/aromatic N) is 5. The summed E-state index contributed by atoms with van der Waals surface area (Å²) in [6.45, 7) is 14.6. The van der Waals surface area contributed by atoms with Gasteiger partial charge in [0.15, 0.2) is 0 Å². The van der Waals surface area contributed by atoms with Gasteiger partial charge < -0.3 is 59.2 Å². The number of likely N-dealkylation sites (tertiary alicyclic amines) is 1. The number of carbonyl (C=O) groups excluding carboxylic acids is 4. The number of piperidine rings is 1. The lowest BCUT2D eigenvalue weighted by atomic mass is 9.72. The number of pyridine rings is 1. The zero-order valence-electron chi connectivity index (χ0n) is 60.5. The van der Waals surface area contributed by atoms with Crippen LogP contribution in [0.4, 0.5) is 10.7 Å². The van der Waals surface area contributed by atoms with Gasteiger partial charge in [0.05, 0.1) is 40.8 Å². The Morgan fingerprint density at radius 2 is 1.60 bits per heavy atom. The summed E-state index contributed by atoms with van der Waals surface area (Å²) in [5.74, 6) is -1.77. The molecule has 6 aromatic heterocycles. The fourth-order valence-electron chi connectivity index (χ4n) is 15.7. The number of aromatic hydroxyl groups is 1. The zero-order chi connectivity index (χ0) is 73.3. The van der Waals surface area contributed by atoms with E-state index in [9.17, 15) is 34.2 Å². The third kappa shape index (κ3) is 14.4. The highest BCUT2D eigenvalue weighted by Gasteiger charge is 2.70. The predicted octanol–water partition coefficient (Wildman–Crippen LogP) is 13.2. The van der Waals surface area contributed by atoms with Gasteiger partial charge in [0.2, 0.25) is 23.5 Å². The van der Waals surface area contributed by atoms with Crippen LogP contribution in [-0.4, -0.2) is 144 Å². The molecule has 8 N–H and O–H groups in total. The summed E-state index contributed by atoms with van der Waals surface area (Å²) >= 11 is 0. The monoisotopic (exact) mass is 1410 g/mol. The van der Waals surface area contributed by atoms with E-state index in [0.29, 0.717) is 49.9 Å². The number of hydrogen-bond acceptors (Lipinski definition) is 15. The third-order valence-corrected chi connectivity index (χ3v) is 21.0. The van der Waals surface area contributed by atoms with Crippen molar-refractivity contribution in [2.24, 2.45) is 5.92 Å². The number of phenolic OH excluding ortho intramolecular Hbond substituents is 1. The second kappa shape index (κ2) is 30.0. The van der Waals surface area contributed by atoms with Crippen LogP contribution in [0.5, 0.6) is 5.75 Å². The summed E-state index contributed by atoms with van der Waals surface area (Å²) in [5, 5.41) is 35.6. The van der Waals surface area contributed by atoms with E-state index >= 15 is 0 Å². The van der Waals surface area contributed by atoms with Gasteiger partial charge in [-0.2, -0.15) is 0 Å². The average Bonchev–Trinajstić information content (AvgIpc) is 1.54. The first kappa shape index (κ1) is 71.7. The molecule has 10 heterocycles. The molecule has 0 saturated carbocycles. The molecule has 0 spiro atoms. The molecule has 1 aliphatic carbocycles. The first-order valence-electron chi connectivity index (χ1n) is 35.8. The van der Waals surface area contributed by atoms with E-state index in [1.54, 1.807) is 23.2 Å². The van der Waals surface area contributed by atoms with Crippen molar-refractivity contribution in [2.75, 3.05) is 39.6 Å². The summed E-state index contributed by atoms with van der Waals surface area (Å²) < 4.78 is 21.7. The van der Waals surface area contributed by atoms with Crippen LogP contribution in [0.25, 0.3) is 65.7 Å². The van der Waals surface area contributed by atoms with Crippen LogP contribution >= 0.6 is 0 Å². The summed E-state index contributed by atoms with van der Waals surface area (Å²) in [6, 6.07) is 44.5. The molecule has 12 aromatic rings. The number of anilines is 1. The fraction of sp³-hybridized carbons (Fsp3) is 0.354. The predicted molar refractivity (Wildman–Crippen MR) is 403 cm³/mol. The standard InChI is InChI=1S/C33H37N5O5.C14H12O3.C13H17N3O2.C12H10N2O.C10H15N/c1-32(35-29(39)21-15-23-22-10-6-11-24-28(22)20(17-34-24)16-25(23)36(2)18-21)31(41)38-26(14-19-8-4-3-5-9-19)30(40)37-13-7-12-27(37)33(38,42)43-32;1-7-4-12(15)17-14-9(3)13-10(6-11(7)14)5-8(2)16-13;1-3-4-5-9-6-7-10-11(8-9)15-12(14-10)16-13(17)18-2;1-7-12-10(4-5-13-7)9-3-2-8(15)6-11(9)14-12;1-9(11-2)8-10-6-4-3-5-7-10/h3-6,8-11,17,21,23,25-27,34,42H,7,12-16,18H2,1-2H3,(H,35,39);4-6H,1-3H3;6-8H,3-5H2,1-2H3,(H2,14,15,16,17);2-6,14-15H,1H3;3-7,9,11H,8H2,1-2H3/t21-,23-,25-,26+,27+,32-,33+;;;;9-/m1...0/s1. The van der Waals surface area contributed by atoms with Crippen LogP contribution in [0, 0.1) is 33.6 Å². The molecular weight excluding hydrogens is 1310 g/mol. The van der Waals surface area contributed by atoms with Crippen molar-refractivity contribution in [3.8, 4) is 5.75 Å². The van der Waals surface area contributed by atoms with Crippen molar-refractivity contribution >= 4 is 95.4 Å². The molecule has 22 nitrogen and oxygen atoms in total. The summed E-state index contributed by atoms with van der Waals surface area (Å²) in [4.78, 5) is 87.7. The maximum Gasteiger partial charge on any atom is 0.413 e. The molecule has 4 aliphatic heterocycles. The van der Waals surface area contributed by atoms with Gasteiger partial charge >= 0.3 is 11.7 Å². The van der Waals surface area contributed by atoms with Gasteiger partial charge in [-0.05, 0) is 182 Å². The van der Waals surface area contributed by atoms with Crippen molar-refractivity contribution in [2.45, 2.75) is 148 Å². The molecule has 17 rings (SSSR count). The van der Waals surface area contributed by atoms with E-state index in [1.807, 2.05) is 108 Å². The van der Waals surface area contributed by atoms with E-state index in [0.717, 1.165) is 102 Å². The number of fused-ring (bicyclic) bond motifs is 11. The van der Waals surface area contributed by atoms with Crippen LogP contribution in [-0.2, 0) is 49.5 Å². The molecule has 4 fully saturated rings. The normalized spacial score (nSPS) is 21.2. The molecule has 8 atom stereocenters. The van der Waals surface area contributed by atoms with Gasteiger partial charge in [-0.15, -0.1) is 0 Å². The number of methoxy groups -OCH3 is 1. The van der Waals surface area contributed by atoms with Crippen molar-refractivity contribution in [1.29, 1.82) is 0 Å². The molecule has 0 bridgehead atoms. The van der Waals surface area contributed by atoms with E-state index in [1.165, 1.54) is 65.5 Å². The van der Waals surface area contributed by atoms with E-state index in [-0.39, 0.29) is 47.5 Å². The fourth-order valence-corrected chi connectivity index (χ4v) is 15.7. The van der Waals surface area contributed by atoms with Crippen LogP contribution in [0.3, 0.4) is 0 Å². The maximum absolute atomic E-state index is 14.2. The average molecular weight is 1410 g/mol. The lowest BCUT2D eigenvalue weighted by molar-refractivity contribution is -0.315.